The molecular formula is C15H14Cl2N4. The normalized spacial score (nSPS) is 12.7. The van der Waals surface area contributed by atoms with Crippen molar-refractivity contribution >= 4 is 28.7 Å². The number of hydrogen-bond acceptors (Lipinski definition) is 3. The van der Waals surface area contributed by atoms with Crippen LogP contribution >= 0.6 is 23.2 Å². The predicted molar refractivity (Wildman–Crippen MR) is 85.0 cm³/mol. The fourth-order valence-electron chi connectivity index (χ4n) is 2.42. The third-order valence-corrected chi connectivity index (χ3v) is 4.26. The summed E-state index contributed by atoms with van der Waals surface area (Å²) in [5.41, 5.74) is 2.98. The number of halogens is 2. The topological polar surface area (TPSA) is 42.2 Å². The van der Waals surface area contributed by atoms with Crippen molar-refractivity contribution in [1.29, 1.82) is 0 Å². The number of fused-ring (bicyclic) bond motifs is 1. The van der Waals surface area contributed by atoms with E-state index in [2.05, 4.69) is 15.4 Å². The van der Waals surface area contributed by atoms with Crippen LogP contribution in [0.25, 0.3) is 5.52 Å². The van der Waals surface area contributed by atoms with E-state index in [0.717, 1.165) is 16.6 Å². The first-order valence-corrected chi connectivity index (χ1v) is 7.33. The zero-order chi connectivity index (χ0) is 14.8. The molecule has 2 aromatic heterocycles. The van der Waals surface area contributed by atoms with Crippen molar-refractivity contribution < 1.29 is 0 Å². The number of benzene rings is 1. The van der Waals surface area contributed by atoms with Crippen LogP contribution in [0.5, 0.6) is 0 Å². The molecule has 3 rings (SSSR count). The maximum Gasteiger partial charge on any atom is 0.0892 e. The summed E-state index contributed by atoms with van der Waals surface area (Å²) in [6, 6.07) is 5.62. The summed E-state index contributed by atoms with van der Waals surface area (Å²) in [5.74, 6) is 0. The van der Waals surface area contributed by atoms with Gasteiger partial charge in [0.1, 0.15) is 0 Å². The van der Waals surface area contributed by atoms with Crippen LogP contribution in [0, 0.1) is 0 Å². The van der Waals surface area contributed by atoms with Gasteiger partial charge in [-0.25, -0.2) is 4.52 Å². The third-order valence-electron chi connectivity index (χ3n) is 3.55. The van der Waals surface area contributed by atoms with E-state index in [9.17, 15) is 0 Å². The minimum atomic E-state index is 0.0594. The molecule has 0 aliphatic rings. The number of rotatable bonds is 4. The molecule has 3 aromatic rings. The van der Waals surface area contributed by atoms with Crippen LogP contribution in [0.3, 0.4) is 0 Å². The SMILES string of the molecule is CNC(Cc1c(Cl)cccc1Cl)c1cnn2ccncc12. The molecule has 0 spiro atoms. The average Bonchev–Trinajstić information content (AvgIpc) is 2.91. The van der Waals surface area contributed by atoms with Crippen LogP contribution < -0.4 is 5.32 Å². The fourth-order valence-corrected chi connectivity index (χ4v) is 2.97. The summed E-state index contributed by atoms with van der Waals surface area (Å²) in [4.78, 5) is 4.16. The van der Waals surface area contributed by atoms with Crippen molar-refractivity contribution in [2.45, 2.75) is 12.5 Å². The van der Waals surface area contributed by atoms with Gasteiger partial charge in [-0.15, -0.1) is 0 Å². The van der Waals surface area contributed by atoms with Crippen LogP contribution in [0.2, 0.25) is 10.0 Å². The zero-order valence-electron chi connectivity index (χ0n) is 11.4. The Morgan fingerprint density at radius 2 is 2.00 bits per heavy atom. The molecule has 0 amide bonds. The summed E-state index contributed by atoms with van der Waals surface area (Å²) >= 11 is 12.5. The lowest BCUT2D eigenvalue weighted by atomic mass is 10.0. The number of hydrogen-bond donors (Lipinski definition) is 1. The molecular weight excluding hydrogens is 307 g/mol. The minimum absolute atomic E-state index is 0.0594. The Hall–Kier alpha value is -1.62. The van der Waals surface area contributed by atoms with Crippen molar-refractivity contribution in [3.05, 3.63) is 64.2 Å². The molecule has 1 atom stereocenters. The van der Waals surface area contributed by atoms with Gasteiger partial charge in [0.05, 0.1) is 17.9 Å². The highest BCUT2D eigenvalue weighted by Gasteiger charge is 2.18. The van der Waals surface area contributed by atoms with E-state index < -0.39 is 0 Å². The number of nitrogens with one attached hydrogen (secondary N) is 1. The van der Waals surface area contributed by atoms with E-state index in [1.165, 1.54) is 0 Å². The summed E-state index contributed by atoms with van der Waals surface area (Å²) in [5, 5.41) is 9.00. The molecule has 1 aromatic carbocycles. The van der Waals surface area contributed by atoms with Crippen molar-refractivity contribution in [2.75, 3.05) is 7.05 Å². The average molecular weight is 321 g/mol. The molecule has 21 heavy (non-hydrogen) atoms. The first-order valence-electron chi connectivity index (χ1n) is 6.58. The minimum Gasteiger partial charge on any atom is -0.313 e. The smallest absolute Gasteiger partial charge is 0.0892 e. The van der Waals surface area contributed by atoms with Gasteiger partial charge in [0.2, 0.25) is 0 Å². The monoisotopic (exact) mass is 320 g/mol. The quantitative estimate of drug-likeness (QED) is 0.799. The molecule has 1 unspecified atom stereocenters. The second-order valence-corrected chi connectivity index (χ2v) is 5.57. The maximum atomic E-state index is 6.26. The number of likely N-dealkylation sites (N-methyl/N-ethyl adjacent to an activating group) is 1. The lowest BCUT2D eigenvalue weighted by Gasteiger charge is -2.17. The lowest BCUT2D eigenvalue weighted by Crippen LogP contribution is -2.19. The fraction of sp³-hybridized carbons (Fsp3) is 0.200. The van der Waals surface area contributed by atoms with Gasteiger partial charge in [0.25, 0.3) is 0 Å². The van der Waals surface area contributed by atoms with E-state index in [1.807, 2.05) is 37.6 Å². The van der Waals surface area contributed by atoms with E-state index in [0.29, 0.717) is 16.5 Å². The molecule has 108 valence electrons. The molecule has 0 radical (unpaired) electrons. The van der Waals surface area contributed by atoms with Gasteiger partial charge < -0.3 is 5.32 Å². The highest BCUT2D eigenvalue weighted by Crippen LogP contribution is 2.30. The molecule has 0 aliphatic carbocycles. The van der Waals surface area contributed by atoms with Crippen molar-refractivity contribution in [2.24, 2.45) is 0 Å². The molecule has 0 aliphatic heterocycles. The Balaban J connectivity index is 1.99. The first kappa shape index (κ1) is 14.3. The van der Waals surface area contributed by atoms with Gasteiger partial charge in [0.15, 0.2) is 0 Å². The number of nitrogens with zero attached hydrogens (tertiary/aromatic N) is 3. The van der Waals surface area contributed by atoms with Crippen molar-refractivity contribution in [3.63, 3.8) is 0 Å². The Morgan fingerprint density at radius 1 is 1.24 bits per heavy atom. The maximum absolute atomic E-state index is 6.26. The van der Waals surface area contributed by atoms with Gasteiger partial charge in [0, 0.05) is 34.0 Å². The van der Waals surface area contributed by atoms with Crippen LogP contribution in [0.15, 0.2) is 43.0 Å². The van der Waals surface area contributed by atoms with E-state index >= 15 is 0 Å². The molecule has 4 nitrogen and oxygen atoms in total. The lowest BCUT2D eigenvalue weighted by molar-refractivity contribution is 0.596. The van der Waals surface area contributed by atoms with Gasteiger partial charge in [-0.3, -0.25) is 4.98 Å². The van der Waals surface area contributed by atoms with Crippen LogP contribution in [0.4, 0.5) is 0 Å². The second kappa shape index (κ2) is 6.02. The molecule has 0 bridgehead atoms. The first-order chi connectivity index (χ1) is 10.2. The summed E-state index contributed by atoms with van der Waals surface area (Å²) in [7, 11) is 1.91. The van der Waals surface area contributed by atoms with Crippen LogP contribution in [0.1, 0.15) is 17.2 Å². The van der Waals surface area contributed by atoms with Gasteiger partial charge in [-0.05, 0) is 31.2 Å². The Bertz CT molecular complexity index is 749. The molecule has 0 fully saturated rings. The van der Waals surface area contributed by atoms with E-state index in [4.69, 9.17) is 23.2 Å². The molecule has 0 saturated heterocycles. The Morgan fingerprint density at radius 3 is 2.71 bits per heavy atom. The van der Waals surface area contributed by atoms with Crippen molar-refractivity contribution in [3.8, 4) is 0 Å². The molecule has 1 N–H and O–H groups in total. The van der Waals surface area contributed by atoms with Crippen LogP contribution in [-0.4, -0.2) is 21.6 Å². The van der Waals surface area contributed by atoms with Crippen molar-refractivity contribution in [1.82, 2.24) is 19.9 Å². The standard InChI is InChI=1S/C15H14Cl2N4/c1-18-14(7-10-12(16)3-2-4-13(10)17)11-8-20-21-6-5-19-9-15(11)21/h2-6,8-9,14,18H,7H2,1H3. The summed E-state index contributed by atoms with van der Waals surface area (Å²) in [6.07, 6.45) is 7.88. The van der Waals surface area contributed by atoms with Gasteiger partial charge >= 0.3 is 0 Å². The molecule has 0 saturated carbocycles. The third kappa shape index (κ3) is 2.75. The summed E-state index contributed by atoms with van der Waals surface area (Å²) < 4.78 is 1.81. The second-order valence-electron chi connectivity index (χ2n) is 4.75. The largest absolute Gasteiger partial charge is 0.313 e. The summed E-state index contributed by atoms with van der Waals surface area (Å²) in [6.45, 7) is 0. The van der Waals surface area contributed by atoms with Crippen LogP contribution in [-0.2, 0) is 6.42 Å². The molecule has 2 heterocycles. The molecule has 6 heteroatoms. The zero-order valence-corrected chi connectivity index (χ0v) is 12.9. The van der Waals surface area contributed by atoms with E-state index in [1.54, 1.807) is 16.9 Å². The van der Waals surface area contributed by atoms with E-state index in [-0.39, 0.29) is 6.04 Å². The number of aromatic nitrogens is 3. The Labute approximate surface area is 132 Å². The predicted octanol–water partition coefficient (Wildman–Crippen LogP) is 3.54. The Kier molecular flexibility index (Phi) is 4.10. The van der Waals surface area contributed by atoms with Gasteiger partial charge in [-0.2, -0.15) is 5.10 Å². The van der Waals surface area contributed by atoms with Gasteiger partial charge in [-0.1, -0.05) is 29.3 Å². The highest BCUT2D eigenvalue weighted by atomic mass is 35.5. The highest BCUT2D eigenvalue weighted by molar-refractivity contribution is 6.36.